The number of Topliss-reactive ketones (excluding diaryl/α,β-unsaturated/α-hetero) is 1. The van der Waals surface area contributed by atoms with Crippen LogP contribution in [0.15, 0.2) is 66.1 Å². The normalized spacial score (nSPS) is 23.4. The molecule has 9 heteroatoms. The molecule has 8 nitrogen and oxygen atoms in total. The first kappa shape index (κ1) is 12.3. The fourth-order valence-corrected chi connectivity index (χ4v) is 2.99. The molecule has 0 saturated carbocycles. The highest BCUT2D eigenvalue weighted by atomic mass is 32.2. The lowest BCUT2D eigenvalue weighted by atomic mass is 10.0. The summed E-state index contributed by atoms with van der Waals surface area (Å²) in [5.74, 6) is -4.33. The lowest BCUT2D eigenvalue weighted by Gasteiger charge is -2.10. The summed E-state index contributed by atoms with van der Waals surface area (Å²) in [4.78, 5) is 24.8. The highest BCUT2D eigenvalue weighted by Gasteiger charge is 2.39. The Labute approximate surface area is 179 Å². The molecule has 0 amide bonds. The largest absolute Gasteiger partial charge is 0.462 e. The molecule has 1 unspecified atom stereocenters. The van der Waals surface area contributed by atoms with Gasteiger partial charge in [-0.2, -0.15) is 8.42 Å². The molecule has 0 bridgehead atoms. The minimum atomic E-state index is -5.63. The maximum absolute atomic E-state index is 13.0. The fourth-order valence-electron chi connectivity index (χ4n) is 2.22. The van der Waals surface area contributed by atoms with Crippen LogP contribution in [0.4, 0.5) is 0 Å². The number of ether oxygens (including phenoxy) is 2. The van der Waals surface area contributed by atoms with Gasteiger partial charge >= 0.3 is 16.1 Å². The van der Waals surface area contributed by atoms with Crippen molar-refractivity contribution in [2.75, 3.05) is 6.61 Å². The molecule has 0 saturated heterocycles. The molecule has 1 aliphatic heterocycles. The van der Waals surface area contributed by atoms with E-state index in [0.717, 1.165) is 12.1 Å². The van der Waals surface area contributed by atoms with Crippen molar-refractivity contribution in [3.63, 3.8) is 0 Å². The van der Waals surface area contributed by atoms with Crippen LogP contribution in [0.25, 0.3) is 0 Å². The third-order valence-electron chi connectivity index (χ3n) is 3.43. The minimum Gasteiger partial charge on any atom is -0.462 e. The van der Waals surface area contributed by atoms with Crippen LogP contribution in [-0.2, 0) is 34.3 Å². The van der Waals surface area contributed by atoms with Gasteiger partial charge in [0.05, 0.1) is 23.1 Å². The van der Waals surface area contributed by atoms with Crippen molar-refractivity contribution in [2.45, 2.75) is 18.7 Å². The summed E-state index contributed by atoms with van der Waals surface area (Å²) in [6.45, 7) is 1.71. The zero-order chi connectivity index (χ0) is 28.1. The summed E-state index contributed by atoms with van der Waals surface area (Å²) < 4.78 is 103. The van der Waals surface area contributed by atoms with Crippen LogP contribution in [0.5, 0.6) is 0 Å². The Morgan fingerprint density at radius 2 is 1.93 bits per heavy atom. The molecule has 1 heterocycles. The minimum absolute atomic E-state index is 0.0893. The van der Waals surface area contributed by atoms with E-state index in [-0.39, 0.29) is 17.7 Å². The van der Waals surface area contributed by atoms with E-state index in [2.05, 4.69) is 4.18 Å². The van der Waals surface area contributed by atoms with Gasteiger partial charge in [-0.25, -0.2) is 4.79 Å². The number of hydrogen-bond acceptors (Lipinski definition) is 8. The van der Waals surface area contributed by atoms with Gasteiger partial charge in [0.25, 0.3) is 0 Å². The molecule has 0 radical (unpaired) electrons. The second-order valence-corrected chi connectivity index (χ2v) is 6.67. The predicted molar refractivity (Wildman–Crippen MR) is 103 cm³/mol. The third kappa shape index (κ3) is 4.75. The Balaban J connectivity index is 1.97. The molecule has 0 fully saturated rings. The smallest absolute Gasteiger partial charge is 0.338 e. The van der Waals surface area contributed by atoms with Crippen LogP contribution >= 0.6 is 0 Å². The van der Waals surface area contributed by atoms with Gasteiger partial charge in [-0.3, -0.25) is 4.79 Å². The number of esters is 1. The lowest BCUT2D eigenvalue weighted by molar-refractivity contribution is -0.123. The summed E-state index contributed by atoms with van der Waals surface area (Å²) in [7, 11) is -5.63. The molecule has 1 atom stereocenters. The van der Waals surface area contributed by atoms with Crippen molar-refractivity contribution in [1.29, 1.82) is 0 Å². The first-order valence-electron chi connectivity index (χ1n) is 12.0. The quantitative estimate of drug-likeness (QED) is 0.529. The van der Waals surface area contributed by atoms with E-state index < -0.39 is 81.1 Å². The number of carbonyl (C=O) groups is 2. The molecule has 2 aromatic carbocycles. The highest BCUT2D eigenvalue weighted by Crippen LogP contribution is 2.32. The second kappa shape index (κ2) is 8.36. The van der Waals surface area contributed by atoms with Crippen LogP contribution in [0, 0.1) is 0 Å². The Bertz CT molecular complexity index is 1410. The van der Waals surface area contributed by atoms with Gasteiger partial charge < -0.3 is 19.4 Å². The van der Waals surface area contributed by atoms with Crippen molar-refractivity contribution in [3.05, 3.63) is 82.8 Å². The van der Waals surface area contributed by atoms with Crippen molar-refractivity contribution in [2.24, 2.45) is 5.73 Å². The molecule has 2 aromatic rings. The van der Waals surface area contributed by atoms with E-state index in [1.165, 1.54) is 12.1 Å². The molecule has 29 heavy (non-hydrogen) atoms. The topological polar surface area (TPSA) is 122 Å². The molecule has 152 valence electrons. The average molecular weight is 425 g/mol. The predicted octanol–water partition coefficient (Wildman–Crippen LogP) is 2.18. The molecule has 0 spiro atoms. The van der Waals surface area contributed by atoms with Gasteiger partial charge in [-0.15, -0.1) is 0 Å². The molecule has 0 aliphatic carbocycles. The lowest BCUT2D eigenvalue weighted by Crippen LogP contribution is -2.16. The van der Waals surface area contributed by atoms with Crippen LogP contribution in [0.1, 0.15) is 45.5 Å². The first-order valence-corrected chi connectivity index (χ1v) is 9.44. The SMILES string of the molecule is [2H]c1c([2H])c([2H])c(C([2H])([2H])S(=O)(=O)OC2=C(N)OC([2H])(c3ccc(C(=O)OCC)cc3)C2=O)c([2H])c1[2H]. The summed E-state index contributed by atoms with van der Waals surface area (Å²) in [6.07, 6.45) is -2.66. The molecule has 1 aliphatic rings. The Morgan fingerprint density at radius 1 is 1.28 bits per heavy atom. The van der Waals surface area contributed by atoms with Crippen LogP contribution in [0.3, 0.4) is 0 Å². The summed E-state index contributed by atoms with van der Waals surface area (Å²) in [5.41, 5.74) is 0.480. The van der Waals surface area contributed by atoms with Crippen LogP contribution in [0.2, 0.25) is 0 Å². The van der Waals surface area contributed by atoms with Crippen LogP contribution in [-0.4, -0.2) is 26.8 Å². The molecular weight excluding hydrogens is 398 g/mol. The van der Waals surface area contributed by atoms with E-state index in [9.17, 15) is 18.0 Å². The first-order chi connectivity index (χ1) is 17.0. The summed E-state index contributed by atoms with van der Waals surface area (Å²) in [6, 6.07) is -0.386. The summed E-state index contributed by atoms with van der Waals surface area (Å²) >= 11 is 0. The number of carbonyl (C=O) groups excluding carboxylic acids is 2. The molecule has 0 aromatic heterocycles. The Hall–Kier alpha value is -3.33. The number of rotatable bonds is 7. The average Bonchev–Trinajstić information content (AvgIpc) is 3.05. The van der Waals surface area contributed by atoms with Crippen molar-refractivity contribution < 1.29 is 42.6 Å². The zero-order valence-electron chi connectivity index (χ0n) is 22.9. The van der Waals surface area contributed by atoms with Gasteiger partial charge in [-0.1, -0.05) is 42.3 Å². The van der Waals surface area contributed by atoms with Gasteiger partial charge in [0.15, 0.2) is 6.08 Å². The Kier molecular flexibility index (Phi) is 3.54. The maximum Gasteiger partial charge on any atom is 0.338 e. The van der Waals surface area contributed by atoms with Crippen molar-refractivity contribution >= 4 is 21.9 Å². The van der Waals surface area contributed by atoms with E-state index >= 15 is 0 Å². The number of nitrogens with two attached hydrogens (primary N) is 1. The molecular formula is C20H19NO7S. The van der Waals surface area contributed by atoms with Crippen molar-refractivity contribution in [3.8, 4) is 0 Å². The third-order valence-corrected chi connectivity index (χ3v) is 4.27. The van der Waals surface area contributed by atoms with Gasteiger partial charge in [0, 0.05) is 5.56 Å². The van der Waals surface area contributed by atoms with E-state index in [0.29, 0.717) is 0 Å². The monoisotopic (exact) mass is 425 g/mol. The van der Waals surface area contributed by atoms with Gasteiger partial charge in [-0.05, 0) is 24.6 Å². The standard InChI is InChI=1S/C20H19NO7S/c1-2-26-20(23)15-10-8-14(9-11-15)17-16(22)18(19(21)27-17)28-29(24,25)12-13-6-4-3-5-7-13/h3-11,17H,2,12,21H2,1H3/i3D,4D,5D,6D,7D,12D2,17D. The van der Waals surface area contributed by atoms with Gasteiger partial charge in [0.1, 0.15) is 5.70 Å². The second-order valence-electron chi connectivity index (χ2n) is 5.39. The Morgan fingerprint density at radius 3 is 2.55 bits per heavy atom. The fraction of sp³-hybridized carbons (Fsp3) is 0.200. The maximum atomic E-state index is 13.0. The number of ketones is 1. The summed E-state index contributed by atoms with van der Waals surface area (Å²) in [5, 5.41) is 0. The molecule has 3 rings (SSSR count). The number of benzene rings is 2. The van der Waals surface area contributed by atoms with Crippen LogP contribution < -0.4 is 5.73 Å². The molecule has 2 N–H and O–H groups in total. The number of hydrogen-bond donors (Lipinski definition) is 1. The van der Waals surface area contributed by atoms with E-state index in [1.807, 2.05) is 0 Å². The zero-order valence-corrected chi connectivity index (χ0v) is 15.7. The van der Waals surface area contributed by atoms with Crippen molar-refractivity contribution in [1.82, 2.24) is 0 Å². The van der Waals surface area contributed by atoms with Gasteiger partial charge in [0.2, 0.25) is 17.4 Å². The van der Waals surface area contributed by atoms with E-state index in [1.54, 1.807) is 6.92 Å². The van der Waals surface area contributed by atoms with E-state index in [4.69, 9.17) is 26.2 Å². The highest BCUT2D eigenvalue weighted by molar-refractivity contribution is 7.86.